The van der Waals surface area contributed by atoms with Gasteiger partial charge in [0.15, 0.2) is 0 Å². The Bertz CT molecular complexity index is 229. The van der Waals surface area contributed by atoms with E-state index in [0.29, 0.717) is 0 Å². The van der Waals surface area contributed by atoms with Gasteiger partial charge in [0.25, 0.3) is 0 Å². The standard InChI is InChI=1S/C13H24N2O.C2H6/c1-12(16)15-9-7-14(8-10-15)11-13-5-3-2-4-6-13;1-2/h13H,2-11H2,1H3;1-2H3. The van der Waals surface area contributed by atoms with Crippen LogP contribution in [0.3, 0.4) is 0 Å². The second kappa shape index (κ2) is 8.52. The van der Waals surface area contributed by atoms with Crippen LogP contribution in [0.25, 0.3) is 0 Å². The molecule has 0 bridgehead atoms. The van der Waals surface area contributed by atoms with Crippen LogP contribution in [0.4, 0.5) is 0 Å². The Morgan fingerprint density at radius 1 is 1.00 bits per heavy atom. The molecule has 2 aliphatic rings. The zero-order valence-electron chi connectivity index (χ0n) is 12.5. The van der Waals surface area contributed by atoms with Crippen molar-refractivity contribution in [1.82, 2.24) is 9.80 Å². The number of carbonyl (C=O) groups excluding carboxylic acids is 1. The first-order chi connectivity index (χ1) is 8.75. The van der Waals surface area contributed by atoms with Crippen LogP contribution < -0.4 is 0 Å². The molecule has 1 saturated heterocycles. The van der Waals surface area contributed by atoms with Crippen molar-refractivity contribution >= 4 is 5.91 Å². The summed E-state index contributed by atoms with van der Waals surface area (Å²) < 4.78 is 0. The predicted molar refractivity (Wildman–Crippen MR) is 76.6 cm³/mol. The Morgan fingerprint density at radius 3 is 2.06 bits per heavy atom. The van der Waals surface area contributed by atoms with Crippen LogP contribution in [-0.2, 0) is 4.79 Å². The lowest BCUT2D eigenvalue weighted by Gasteiger charge is -2.36. The van der Waals surface area contributed by atoms with Crippen LogP contribution in [0, 0.1) is 5.92 Å². The molecule has 0 unspecified atom stereocenters. The smallest absolute Gasteiger partial charge is 0.219 e. The van der Waals surface area contributed by atoms with Gasteiger partial charge in [0.05, 0.1) is 0 Å². The second-order valence-corrected chi connectivity index (χ2v) is 5.31. The number of hydrogen-bond donors (Lipinski definition) is 0. The lowest BCUT2D eigenvalue weighted by Crippen LogP contribution is -2.49. The van der Waals surface area contributed by atoms with Gasteiger partial charge < -0.3 is 4.90 Å². The van der Waals surface area contributed by atoms with Gasteiger partial charge in [-0.25, -0.2) is 0 Å². The molecule has 0 N–H and O–H groups in total. The zero-order valence-corrected chi connectivity index (χ0v) is 12.5. The maximum atomic E-state index is 11.2. The van der Waals surface area contributed by atoms with Crippen molar-refractivity contribution in [2.24, 2.45) is 5.92 Å². The van der Waals surface area contributed by atoms with Gasteiger partial charge in [-0.2, -0.15) is 0 Å². The number of hydrogen-bond acceptors (Lipinski definition) is 2. The van der Waals surface area contributed by atoms with Gasteiger partial charge in [-0.05, 0) is 18.8 Å². The third-order valence-electron chi connectivity index (χ3n) is 4.06. The van der Waals surface area contributed by atoms with Crippen molar-refractivity contribution in [3.63, 3.8) is 0 Å². The molecule has 1 saturated carbocycles. The van der Waals surface area contributed by atoms with Crippen molar-refractivity contribution in [2.75, 3.05) is 32.7 Å². The van der Waals surface area contributed by atoms with Crippen LogP contribution in [-0.4, -0.2) is 48.4 Å². The maximum absolute atomic E-state index is 11.2. The summed E-state index contributed by atoms with van der Waals surface area (Å²) in [6.45, 7) is 11.0. The van der Waals surface area contributed by atoms with Gasteiger partial charge >= 0.3 is 0 Å². The highest BCUT2D eigenvalue weighted by Gasteiger charge is 2.22. The van der Waals surface area contributed by atoms with Gasteiger partial charge in [0, 0.05) is 39.6 Å². The van der Waals surface area contributed by atoms with Gasteiger partial charge in [-0.15, -0.1) is 0 Å². The first kappa shape index (κ1) is 15.5. The number of rotatable bonds is 2. The van der Waals surface area contributed by atoms with E-state index in [2.05, 4.69) is 4.90 Å². The molecular formula is C15H30N2O. The van der Waals surface area contributed by atoms with Crippen LogP contribution in [0.1, 0.15) is 52.9 Å². The number of amides is 1. The lowest BCUT2D eigenvalue weighted by atomic mass is 9.89. The number of carbonyl (C=O) groups is 1. The molecule has 3 heteroatoms. The molecule has 0 atom stereocenters. The Kier molecular flexibility index (Phi) is 7.33. The third-order valence-corrected chi connectivity index (χ3v) is 4.06. The van der Waals surface area contributed by atoms with Crippen molar-refractivity contribution in [3.05, 3.63) is 0 Å². The molecule has 0 radical (unpaired) electrons. The Morgan fingerprint density at radius 2 is 1.56 bits per heavy atom. The highest BCUT2D eigenvalue weighted by molar-refractivity contribution is 5.73. The summed E-state index contributed by atoms with van der Waals surface area (Å²) in [5.74, 6) is 1.16. The molecule has 0 aromatic heterocycles. The molecule has 0 aromatic carbocycles. The minimum absolute atomic E-state index is 0.234. The van der Waals surface area contributed by atoms with E-state index in [4.69, 9.17) is 0 Å². The van der Waals surface area contributed by atoms with E-state index >= 15 is 0 Å². The van der Waals surface area contributed by atoms with Gasteiger partial charge in [-0.1, -0.05) is 33.1 Å². The first-order valence-electron chi connectivity index (χ1n) is 7.73. The normalized spacial score (nSPS) is 22.3. The second-order valence-electron chi connectivity index (χ2n) is 5.31. The summed E-state index contributed by atoms with van der Waals surface area (Å²) in [6, 6.07) is 0. The molecule has 1 heterocycles. The molecule has 1 amide bonds. The quantitative estimate of drug-likeness (QED) is 0.756. The topological polar surface area (TPSA) is 23.6 Å². The van der Waals surface area contributed by atoms with E-state index in [1.165, 1.54) is 38.6 Å². The zero-order chi connectivity index (χ0) is 13.4. The van der Waals surface area contributed by atoms with E-state index < -0.39 is 0 Å². The molecule has 18 heavy (non-hydrogen) atoms. The van der Waals surface area contributed by atoms with Gasteiger partial charge in [-0.3, -0.25) is 9.69 Å². The fourth-order valence-electron chi connectivity index (χ4n) is 2.98. The lowest BCUT2D eigenvalue weighted by molar-refractivity contribution is -0.130. The Labute approximate surface area is 113 Å². The van der Waals surface area contributed by atoms with E-state index in [9.17, 15) is 4.79 Å². The largest absolute Gasteiger partial charge is 0.340 e. The van der Waals surface area contributed by atoms with Crippen molar-refractivity contribution < 1.29 is 4.79 Å². The number of piperazine rings is 1. The summed E-state index contributed by atoms with van der Waals surface area (Å²) >= 11 is 0. The molecule has 3 nitrogen and oxygen atoms in total. The fourth-order valence-corrected chi connectivity index (χ4v) is 2.98. The first-order valence-corrected chi connectivity index (χ1v) is 7.73. The highest BCUT2D eigenvalue weighted by Crippen LogP contribution is 2.24. The SMILES string of the molecule is CC.CC(=O)N1CCN(CC2CCCCC2)CC1. The highest BCUT2D eigenvalue weighted by atomic mass is 16.2. The van der Waals surface area contributed by atoms with Gasteiger partial charge in [0.1, 0.15) is 0 Å². The average molecular weight is 254 g/mol. The average Bonchev–Trinajstić information content (AvgIpc) is 2.43. The van der Waals surface area contributed by atoms with E-state index in [1.54, 1.807) is 6.92 Å². The Hall–Kier alpha value is -0.570. The summed E-state index contributed by atoms with van der Waals surface area (Å²) in [5, 5.41) is 0. The monoisotopic (exact) mass is 254 g/mol. The van der Waals surface area contributed by atoms with Crippen LogP contribution >= 0.6 is 0 Å². The van der Waals surface area contributed by atoms with Crippen molar-refractivity contribution in [2.45, 2.75) is 52.9 Å². The summed E-state index contributed by atoms with van der Waals surface area (Å²) in [6.07, 6.45) is 7.14. The van der Waals surface area contributed by atoms with Crippen molar-refractivity contribution in [1.29, 1.82) is 0 Å². The molecule has 0 aromatic rings. The van der Waals surface area contributed by atoms with Gasteiger partial charge in [0.2, 0.25) is 5.91 Å². The Balaban J connectivity index is 0.000000771. The molecule has 0 spiro atoms. The van der Waals surface area contributed by atoms with E-state index in [1.807, 2.05) is 18.7 Å². The summed E-state index contributed by atoms with van der Waals surface area (Å²) in [4.78, 5) is 15.7. The minimum atomic E-state index is 0.234. The van der Waals surface area contributed by atoms with Crippen LogP contribution in [0.2, 0.25) is 0 Å². The molecule has 106 valence electrons. The summed E-state index contributed by atoms with van der Waals surface area (Å²) in [7, 11) is 0. The maximum Gasteiger partial charge on any atom is 0.219 e. The third kappa shape index (κ3) is 4.97. The van der Waals surface area contributed by atoms with E-state index in [0.717, 1.165) is 32.1 Å². The predicted octanol–water partition coefficient (Wildman–Crippen LogP) is 2.76. The molecule has 1 aliphatic heterocycles. The molecule has 2 rings (SSSR count). The van der Waals surface area contributed by atoms with Crippen LogP contribution in [0.5, 0.6) is 0 Å². The van der Waals surface area contributed by atoms with Crippen LogP contribution in [0.15, 0.2) is 0 Å². The minimum Gasteiger partial charge on any atom is -0.340 e. The van der Waals surface area contributed by atoms with E-state index in [-0.39, 0.29) is 5.91 Å². The molecular weight excluding hydrogens is 224 g/mol. The molecule has 2 fully saturated rings. The fraction of sp³-hybridized carbons (Fsp3) is 0.933. The number of nitrogens with zero attached hydrogens (tertiary/aromatic N) is 2. The summed E-state index contributed by atoms with van der Waals surface area (Å²) in [5.41, 5.74) is 0. The van der Waals surface area contributed by atoms with Crippen molar-refractivity contribution in [3.8, 4) is 0 Å². The molecule has 1 aliphatic carbocycles.